The molecule has 1 heterocycles. The number of hydrogen-bond donors (Lipinski definition) is 1. The van der Waals surface area contributed by atoms with Gasteiger partial charge in [-0.1, -0.05) is 11.6 Å². The minimum absolute atomic E-state index is 0.0860. The number of amides is 1. The van der Waals surface area contributed by atoms with Gasteiger partial charge in [-0.3, -0.25) is 9.59 Å². The second kappa shape index (κ2) is 6.96. The number of nitrogens with zero attached hydrogens (tertiary/aromatic N) is 1. The van der Waals surface area contributed by atoms with E-state index in [1.165, 1.54) is 17.0 Å². The molecule has 2 rings (SSSR count). The maximum absolute atomic E-state index is 12.9. The third-order valence-corrected chi connectivity index (χ3v) is 4.17. The van der Waals surface area contributed by atoms with Crippen LogP contribution in [0.5, 0.6) is 5.75 Å². The topological polar surface area (TPSA) is 66.8 Å². The van der Waals surface area contributed by atoms with E-state index >= 15 is 0 Å². The van der Waals surface area contributed by atoms with Gasteiger partial charge in [0, 0.05) is 12.6 Å². The Morgan fingerprint density at radius 3 is 2.86 bits per heavy atom. The van der Waals surface area contributed by atoms with Gasteiger partial charge in [-0.15, -0.1) is 0 Å². The highest BCUT2D eigenvalue weighted by Gasteiger charge is 2.35. The smallest absolute Gasteiger partial charge is 0.308 e. The standard InChI is InChI=1S/C15H17ClFNO4/c1-9-11(15(20)21)3-2-6-18(9)14(19)8-22-13-5-4-10(17)7-12(13)16/h4-5,7,9,11H,2-3,6,8H2,1H3,(H,20,21)/t9-,11-/m1/s1. The Bertz CT molecular complexity index is 581. The van der Waals surface area contributed by atoms with Crippen LogP contribution in [0.1, 0.15) is 19.8 Å². The summed E-state index contributed by atoms with van der Waals surface area (Å²) in [7, 11) is 0. The molecule has 0 unspecified atom stereocenters. The van der Waals surface area contributed by atoms with E-state index in [0.29, 0.717) is 19.4 Å². The van der Waals surface area contributed by atoms with E-state index in [0.717, 1.165) is 6.07 Å². The van der Waals surface area contributed by atoms with Gasteiger partial charge in [0.05, 0.1) is 10.9 Å². The number of ether oxygens (including phenoxy) is 1. The van der Waals surface area contributed by atoms with E-state index in [2.05, 4.69) is 0 Å². The minimum atomic E-state index is -0.896. The van der Waals surface area contributed by atoms with Crippen molar-refractivity contribution in [2.45, 2.75) is 25.8 Å². The molecule has 0 bridgehead atoms. The summed E-state index contributed by atoms with van der Waals surface area (Å²) in [5, 5.41) is 9.24. The van der Waals surface area contributed by atoms with E-state index in [9.17, 15) is 14.0 Å². The van der Waals surface area contributed by atoms with E-state index in [1.807, 2.05) is 0 Å². The van der Waals surface area contributed by atoms with Crippen molar-refractivity contribution < 1.29 is 23.8 Å². The number of piperidine rings is 1. The second-order valence-electron chi connectivity index (χ2n) is 5.28. The summed E-state index contributed by atoms with van der Waals surface area (Å²) in [4.78, 5) is 24.9. The Labute approximate surface area is 132 Å². The number of carboxylic acids is 1. The van der Waals surface area contributed by atoms with Gasteiger partial charge < -0.3 is 14.7 Å². The average Bonchev–Trinajstić information content (AvgIpc) is 2.46. The molecule has 0 saturated carbocycles. The molecule has 1 aromatic rings. The van der Waals surface area contributed by atoms with E-state index < -0.39 is 17.7 Å². The number of aliphatic carboxylic acids is 1. The van der Waals surface area contributed by atoms with Crippen LogP contribution < -0.4 is 4.74 Å². The summed E-state index contributed by atoms with van der Waals surface area (Å²) in [6.07, 6.45) is 1.20. The summed E-state index contributed by atoms with van der Waals surface area (Å²) in [5.74, 6) is -2.04. The molecule has 1 fully saturated rings. The lowest BCUT2D eigenvalue weighted by Crippen LogP contribution is -2.50. The fraction of sp³-hybridized carbons (Fsp3) is 0.467. The Kier molecular flexibility index (Phi) is 5.24. The van der Waals surface area contributed by atoms with Gasteiger partial charge in [0.25, 0.3) is 5.91 Å². The van der Waals surface area contributed by atoms with Crippen molar-refractivity contribution in [2.24, 2.45) is 5.92 Å². The summed E-state index contributed by atoms with van der Waals surface area (Å²) < 4.78 is 18.2. The molecule has 1 aliphatic rings. The van der Waals surface area contributed by atoms with Crippen LogP contribution in [0.3, 0.4) is 0 Å². The molecule has 22 heavy (non-hydrogen) atoms. The highest BCUT2D eigenvalue weighted by atomic mass is 35.5. The quantitative estimate of drug-likeness (QED) is 0.922. The van der Waals surface area contributed by atoms with Crippen molar-refractivity contribution in [1.29, 1.82) is 0 Å². The molecule has 2 atom stereocenters. The van der Waals surface area contributed by atoms with Crippen molar-refractivity contribution in [3.05, 3.63) is 29.0 Å². The summed E-state index contributed by atoms with van der Waals surface area (Å²) >= 11 is 5.82. The molecule has 0 aromatic heterocycles. The van der Waals surface area contributed by atoms with Gasteiger partial charge in [-0.2, -0.15) is 0 Å². The van der Waals surface area contributed by atoms with Gasteiger partial charge in [0.15, 0.2) is 6.61 Å². The van der Waals surface area contributed by atoms with Crippen LogP contribution in [-0.2, 0) is 9.59 Å². The van der Waals surface area contributed by atoms with Gasteiger partial charge in [0.1, 0.15) is 11.6 Å². The molecule has 1 saturated heterocycles. The third kappa shape index (κ3) is 3.68. The summed E-state index contributed by atoms with van der Waals surface area (Å²) in [6, 6.07) is 3.26. The molecule has 1 aromatic carbocycles. The van der Waals surface area contributed by atoms with Crippen molar-refractivity contribution in [3.63, 3.8) is 0 Å². The first-order valence-corrected chi connectivity index (χ1v) is 7.38. The fourth-order valence-electron chi connectivity index (χ4n) is 2.64. The molecule has 1 N–H and O–H groups in total. The van der Waals surface area contributed by atoms with Crippen molar-refractivity contribution >= 4 is 23.5 Å². The SMILES string of the molecule is C[C@@H]1[C@H](C(=O)O)CCCN1C(=O)COc1ccc(F)cc1Cl. The molecule has 5 nitrogen and oxygen atoms in total. The normalized spacial score (nSPS) is 21.5. The lowest BCUT2D eigenvalue weighted by Gasteiger charge is -2.37. The van der Waals surface area contributed by atoms with Gasteiger partial charge >= 0.3 is 5.97 Å². The van der Waals surface area contributed by atoms with Crippen LogP contribution in [-0.4, -0.2) is 41.1 Å². The molecule has 0 radical (unpaired) electrons. The number of carboxylic acid groups (broad SMARTS) is 1. The largest absolute Gasteiger partial charge is 0.482 e. The van der Waals surface area contributed by atoms with E-state index in [-0.39, 0.29) is 29.3 Å². The predicted octanol–water partition coefficient (Wildman–Crippen LogP) is 2.57. The maximum Gasteiger partial charge on any atom is 0.308 e. The van der Waals surface area contributed by atoms with Crippen molar-refractivity contribution in [1.82, 2.24) is 4.90 Å². The molecule has 0 spiro atoms. The molecular weight excluding hydrogens is 313 g/mol. The van der Waals surface area contributed by atoms with Crippen molar-refractivity contribution in [3.8, 4) is 5.75 Å². The second-order valence-corrected chi connectivity index (χ2v) is 5.69. The Morgan fingerprint density at radius 2 is 2.23 bits per heavy atom. The minimum Gasteiger partial charge on any atom is -0.482 e. The van der Waals surface area contributed by atoms with Gasteiger partial charge in [-0.05, 0) is 38.0 Å². The molecule has 1 aliphatic heterocycles. The summed E-state index contributed by atoms with van der Waals surface area (Å²) in [6.45, 7) is 1.97. The van der Waals surface area contributed by atoms with Crippen LogP contribution >= 0.6 is 11.6 Å². The van der Waals surface area contributed by atoms with Crippen LogP contribution in [0.25, 0.3) is 0 Å². The van der Waals surface area contributed by atoms with E-state index in [4.69, 9.17) is 21.4 Å². The zero-order valence-corrected chi connectivity index (χ0v) is 12.8. The first kappa shape index (κ1) is 16.5. The molecule has 1 amide bonds. The predicted molar refractivity (Wildman–Crippen MR) is 78.4 cm³/mol. The molecule has 120 valence electrons. The monoisotopic (exact) mass is 329 g/mol. The van der Waals surface area contributed by atoms with Crippen LogP contribution in [0, 0.1) is 11.7 Å². The van der Waals surface area contributed by atoms with Crippen LogP contribution in [0.2, 0.25) is 5.02 Å². The fourth-order valence-corrected chi connectivity index (χ4v) is 2.86. The molecule has 0 aliphatic carbocycles. The first-order valence-electron chi connectivity index (χ1n) is 7.00. The highest BCUT2D eigenvalue weighted by molar-refractivity contribution is 6.32. The maximum atomic E-state index is 12.9. The lowest BCUT2D eigenvalue weighted by molar-refractivity contribution is -0.149. The number of carbonyl (C=O) groups is 2. The van der Waals surface area contributed by atoms with Crippen molar-refractivity contribution in [2.75, 3.05) is 13.2 Å². The Morgan fingerprint density at radius 1 is 1.50 bits per heavy atom. The number of carbonyl (C=O) groups excluding carboxylic acids is 1. The number of hydrogen-bond acceptors (Lipinski definition) is 3. The number of rotatable bonds is 4. The van der Waals surface area contributed by atoms with Crippen LogP contribution in [0.4, 0.5) is 4.39 Å². The van der Waals surface area contributed by atoms with Gasteiger partial charge in [-0.25, -0.2) is 4.39 Å². The number of halogens is 2. The molecular formula is C15H17ClFNO4. The Hall–Kier alpha value is -1.82. The lowest BCUT2D eigenvalue weighted by atomic mass is 9.90. The van der Waals surface area contributed by atoms with Gasteiger partial charge in [0.2, 0.25) is 0 Å². The first-order chi connectivity index (χ1) is 10.4. The number of benzene rings is 1. The van der Waals surface area contributed by atoms with E-state index in [1.54, 1.807) is 6.92 Å². The summed E-state index contributed by atoms with van der Waals surface area (Å²) in [5.41, 5.74) is 0. The zero-order chi connectivity index (χ0) is 16.3. The third-order valence-electron chi connectivity index (χ3n) is 3.87. The van der Waals surface area contributed by atoms with Crippen LogP contribution in [0.15, 0.2) is 18.2 Å². The Balaban J connectivity index is 1.98. The highest BCUT2D eigenvalue weighted by Crippen LogP contribution is 2.26. The average molecular weight is 330 g/mol. The number of likely N-dealkylation sites (tertiary alicyclic amines) is 1. The zero-order valence-electron chi connectivity index (χ0n) is 12.1. The molecule has 7 heteroatoms.